The molecule has 1 heterocycles. The molecule has 0 spiro atoms. The van der Waals surface area contributed by atoms with Crippen molar-refractivity contribution in [2.45, 2.75) is 32.1 Å². The molecule has 1 rings (SSSR count). The fourth-order valence-corrected chi connectivity index (χ4v) is 2.83. The molecule has 1 N–H and O–H groups in total. The van der Waals surface area contributed by atoms with Gasteiger partial charge in [0.05, 0.1) is 19.8 Å². The molecule has 10 nitrogen and oxygen atoms in total. The quantitative estimate of drug-likeness (QED) is 0.198. The lowest BCUT2D eigenvalue weighted by atomic mass is 10.2. The zero-order valence-corrected chi connectivity index (χ0v) is 15.0. The van der Waals surface area contributed by atoms with E-state index >= 15 is 0 Å². The summed E-state index contributed by atoms with van der Waals surface area (Å²) in [5.41, 5.74) is 0.366. The summed E-state index contributed by atoms with van der Waals surface area (Å²) in [7, 11) is 0.377. The highest BCUT2D eigenvalue weighted by Gasteiger charge is 2.32. The number of carbonyl (C=O) groups is 2. The topological polar surface area (TPSA) is 113 Å². The molecular formula is C13H23N2O8P. The Hall–Kier alpha value is -1.29. The van der Waals surface area contributed by atoms with Crippen molar-refractivity contribution in [3.8, 4) is 0 Å². The summed E-state index contributed by atoms with van der Waals surface area (Å²) < 4.78 is 31.9. The number of hydrogen-bond donors (Lipinski definition) is 1. The van der Waals surface area contributed by atoms with Crippen molar-refractivity contribution in [2.75, 3.05) is 27.9 Å². The van der Waals surface area contributed by atoms with E-state index in [9.17, 15) is 14.2 Å². The molecule has 0 saturated carbocycles. The number of carbonyl (C=O) groups excluding carboxylic acids is 2. The van der Waals surface area contributed by atoms with Crippen molar-refractivity contribution in [1.82, 2.24) is 10.2 Å². The van der Waals surface area contributed by atoms with Crippen LogP contribution < -0.4 is 5.32 Å². The van der Waals surface area contributed by atoms with E-state index in [1.54, 1.807) is 25.1 Å². The lowest BCUT2D eigenvalue weighted by Crippen LogP contribution is -2.30. The van der Waals surface area contributed by atoms with Gasteiger partial charge in [0.1, 0.15) is 6.23 Å². The van der Waals surface area contributed by atoms with E-state index in [2.05, 4.69) is 19.4 Å². The fourth-order valence-electron chi connectivity index (χ4n) is 2.09. The van der Waals surface area contributed by atoms with Crippen LogP contribution in [0.4, 0.5) is 0 Å². The Bertz CT molecular complexity index is 512. The first-order chi connectivity index (χ1) is 11.3. The summed E-state index contributed by atoms with van der Waals surface area (Å²) in [6, 6.07) is 0. The van der Waals surface area contributed by atoms with Crippen LogP contribution in [0.2, 0.25) is 0 Å². The molecule has 0 bridgehead atoms. The van der Waals surface area contributed by atoms with Gasteiger partial charge in [0, 0.05) is 25.9 Å². The summed E-state index contributed by atoms with van der Waals surface area (Å²) in [6.07, 6.45) is 2.68. The average molecular weight is 366 g/mol. The van der Waals surface area contributed by atoms with Gasteiger partial charge in [0.15, 0.2) is 0 Å². The standard InChI is InChI=1S/C13H23N2O8P/c1-10(13(17)14-9-16)7-15(2)12-6-5-11(22-12)8-21-24(18,20-4)23-19-3/h7,9,11-12H,5-6,8H2,1-4H3,(H,14,16,17)/b10-7-. The number of amides is 2. The summed E-state index contributed by atoms with van der Waals surface area (Å²) in [5.74, 6) is -0.479. The van der Waals surface area contributed by atoms with Crippen LogP contribution in [0.3, 0.4) is 0 Å². The van der Waals surface area contributed by atoms with E-state index in [0.29, 0.717) is 24.8 Å². The summed E-state index contributed by atoms with van der Waals surface area (Å²) >= 11 is 0. The first kappa shape index (κ1) is 20.8. The van der Waals surface area contributed by atoms with Gasteiger partial charge in [-0.2, -0.15) is 0 Å². The van der Waals surface area contributed by atoms with Crippen LogP contribution in [0.15, 0.2) is 11.8 Å². The highest BCUT2D eigenvalue weighted by molar-refractivity contribution is 7.48. The van der Waals surface area contributed by atoms with Crippen LogP contribution in [-0.2, 0) is 37.5 Å². The molecule has 24 heavy (non-hydrogen) atoms. The smallest absolute Gasteiger partial charge is 0.355 e. The van der Waals surface area contributed by atoms with Crippen molar-refractivity contribution in [3.05, 3.63) is 11.8 Å². The third kappa shape index (κ3) is 6.31. The summed E-state index contributed by atoms with van der Waals surface area (Å²) in [6.45, 7) is 1.59. The second-order valence-corrected chi connectivity index (χ2v) is 6.69. The molecule has 0 aromatic rings. The molecule has 0 radical (unpaired) electrons. The van der Waals surface area contributed by atoms with Gasteiger partial charge in [0.2, 0.25) is 6.41 Å². The van der Waals surface area contributed by atoms with Crippen LogP contribution in [0, 0.1) is 0 Å². The monoisotopic (exact) mass is 366 g/mol. The molecule has 0 aliphatic carbocycles. The van der Waals surface area contributed by atoms with Crippen LogP contribution in [0.25, 0.3) is 0 Å². The van der Waals surface area contributed by atoms with Crippen LogP contribution >= 0.6 is 7.82 Å². The lowest BCUT2D eigenvalue weighted by Gasteiger charge is -2.24. The Kier molecular flexibility index (Phi) is 8.54. The minimum atomic E-state index is -3.75. The third-order valence-electron chi connectivity index (χ3n) is 3.29. The Morgan fingerprint density at radius 3 is 2.71 bits per heavy atom. The first-order valence-corrected chi connectivity index (χ1v) is 8.64. The fraction of sp³-hybridized carbons (Fsp3) is 0.692. The summed E-state index contributed by atoms with van der Waals surface area (Å²) in [4.78, 5) is 27.8. The van der Waals surface area contributed by atoms with Gasteiger partial charge in [-0.3, -0.25) is 24.0 Å². The van der Waals surface area contributed by atoms with E-state index in [0.717, 1.165) is 0 Å². The van der Waals surface area contributed by atoms with E-state index in [4.69, 9.17) is 9.26 Å². The van der Waals surface area contributed by atoms with Gasteiger partial charge >= 0.3 is 7.82 Å². The summed E-state index contributed by atoms with van der Waals surface area (Å²) in [5, 5.41) is 2.06. The highest BCUT2D eigenvalue weighted by atomic mass is 31.2. The van der Waals surface area contributed by atoms with Crippen LogP contribution in [-0.4, -0.2) is 57.4 Å². The second kappa shape index (κ2) is 9.87. The SMILES string of the molecule is COOP(=O)(OC)OCC1CCC(N(C)/C=C(/C)C(=O)NC=O)O1. The lowest BCUT2D eigenvalue weighted by molar-refractivity contribution is -0.201. The third-order valence-corrected chi connectivity index (χ3v) is 4.54. The molecule has 1 saturated heterocycles. The minimum Gasteiger partial charge on any atom is -0.355 e. The molecule has 0 aromatic carbocycles. The molecule has 0 aromatic heterocycles. The Labute approximate surface area is 140 Å². The zero-order valence-electron chi connectivity index (χ0n) is 14.1. The number of nitrogens with one attached hydrogen (secondary N) is 1. The largest absolute Gasteiger partial charge is 0.501 e. The maximum Gasteiger partial charge on any atom is 0.501 e. The number of rotatable bonds is 10. The average Bonchev–Trinajstić information content (AvgIpc) is 3.02. The molecular weight excluding hydrogens is 343 g/mol. The van der Waals surface area contributed by atoms with Gasteiger partial charge < -0.3 is 9.64 Å². The number of phosphoric ester groups is 1. The van der Waals surface area contributed by atoms with Crippen molar-refractivity contribution < 1.29 is 37.5 Å². The van der Waals surface area contributed by atoms with Gasteiger partial charge in [-0.05, 0) is 19.8 Å². The molecule has 1 aliphatic rings. The van der Waals surface area contributed by atoms with Gasteiger partial charge in [-0.1, -0.05) is 0 Å². The predicted molar refractivity (Wildman–Crippen MR) is 82.3 cm³/mol. The number of nitrogens with zero attached hydrogens (tertiary/aromatic N) is 1. The van der Waals surface area contributed by atoms with Crippen molar-refractivity contribution >= 4 is 20.1 Å². The molecule has 3 unspecified atom stereocenters. The van der Waals surface area contributed by atoms with E-state index in [1.807, 2.05) is 0 Å². The normalized spacial score (nSPS) is 23.6. The Balaban J connectivity index is 2.50. The van der Waals surface area contributed by atoms with Crippen LogP contribution in [0.5, 0.6) is 0 Å². The number of imide groups is 1. The van der Waals surface area contributed by atoms with E-state index in [-0.39, 0.29) is 18.9 Å². The van der Waals surface area contributed by atoms with Gasteiger partial charge in [-0.15, -0.1) is 4.67 Å². The molecule has 1 aliphatic heterocycles. The zero-order chi connectivity index (χ0) is 18.2. The minimum absolute atomic E-state index is 0.00709. The van der Waals surface area contributed by atoms with Gasteiger partial charge in [-0.25, -0.2) is 9.45 Å². The highest BCUT2D eigenvalue weighted by Crippen LogP contribution is 2.49. The maximum atomic E-state index is 11.9. The first-order valence-electron chi connectivity index (χ1n) is 7.18. The molecule has 1 fully saturated rings. The Morgan fingerprint density at radius 1 is 1.42 bits per heavy atom. The molecule has 3 atom stereocenters. The number of ether oxygens (including phenoxy) is 1. The van der Waals surface area contributed by atoms with E-state index < -0.39 is 13.7 Å². The molecule has 2 amide bonds. The van der Waals surface area contributed by atoms with Crippen molar-refractivity contribution in [1.29, 1.82) is 0 Å². The number of phosphoric acid groups is 1. The van der Waals surface area contributed by atoms with Crippen LogP contribution in [0.1, 0.15) is 19.8 Å². The number of hydrogen-bond acceptors (Lipinski definition) is 9. The second-order valence-electron chi connectivity index (χ2n) is 5.03. The van der Waals surface area contributed by atoms with Crippen molar-refractivity contribution in [3.63, 3.8) is 0 Å². The van der Waals surface area contributed by atoms with Crippen molar-refractivity contribution in [2.24, 2.45) is 0 Å². The molecule has 138 valence electrons. The van der Waals surface area contributed by atoms with Gasteiger partial charge in [0.25, 0.3) is 5.91 Å². The molecule has 11 heteroatoms. The predicted octanol–water partition coefficient (Wildman–Crippen LogP) is 0.949. The maximum absolute atomic E-state index is 11.9. The Morgan fingerprint density at radius 2 is 2.12 bits per heavy atom. The van der Waals surface area contributed by atoms with E-state index in [1.165, 1.54) is 14.2 Å².